The van der Waals surface area contributed by atoms with E-state index >= 15 is 0 Å². The standard InChI is InChI=1S/C7H7Cl2N3O/c8-4-2-1-3-5(9)6(4)11-7(10)12-13/h1-3,13H,(H3,10,11,12). The number of halogens is 2. The molecule has 13 heavy (non-hydrogen) atoms. The molecule has 0 unspecified atom stereocenters. The van der Waals surface area contributed by atoms with Gasteiger partial charge in [-0.15, -0.1) is 0 Å². The van der Waals surface area contributed by atoms with Crippen molar-refractivity contribution in [3.05, 3.63) is 28.2 Å². The highest BCUT2D eigenvalue weighted by Crippen LogP contribution is 2.29. The number of nitrogens with two attached hydrogens (primary N) is 1. The third-order valence-electron chi connectivity index (χ3n) is 1.32. The molecule has 4 N–H and O–H groups in total. The van der Waals surface area contributed by atoms with E-state index in [1.165, 1.54) is 0 Å². The van der Waals surface area contributed by atoms with Crippen molar-refractivity contribution in [2.24, 2.45) is 10.9 Å². The van der Waals surface area contributed by atoms with Crippen LogP contribution in [0, 0.1) is 0 Å². The quantitative estimate of drug-likeness (QED) is 0.294. The van der Waals surface area contributed by atoms with Crippen LogP contribution in [0.15, 0.2) is 23.4 Å². The third kappa shape index (κ3) is 2.40. The van der Waals surface area contributed by atoms with E-state index in [4.69, 9.17) is 34.1 Å². The van der Waals surface area contributed by atoms with Crippen LogP contribution in [-0.4, -0.2) is 11.2 Å². The van der Waals surface area contributed by atoms with Crippen molar-refractivity contribution < 1.29 is 5.21 Å². The Balaban J connectivity index is 3.00. The number of rotatable bonds is 1. The average molecular weight is 220 g/mol. The molecule has 0 heterocycles. The van der Waals surface area contributed by atoms with Crippen LogP contribution in [0.1, 0.15) is 0 Å². The molecule has 0 fully saturated rings. The molecule has 1 aromatic rings. The molecule has 0 aliphatic rings. The van der Waals surface area contributed by atoms with Crippen LogP contribution in [0.4, 0.5) is 5.69 Å². The second kappa shape index (κ2) is 4.20. The van der Waals surface area contributed by atoms with Crippen molar-refractivity contribution in [1.82, 2.24) is 0 Å². The number of nitrogens with zero attached hydrogens (tertiary/aromatic N) is 1. The Morgan fingerprint density at radius 3 is 2.38 bits per heavy atom. The highest BCUT2D eigenvalue weighted by atomic mass is 35.5. The van der Waals surface area contributed by atoms with Gasteiger partial charge < -0.3 is 16.3 Å². The summed E-state index contributed by atoms with van der Waals surface area (Å²) in [6.07, 6.45) is 0. The van der Waals surface area contributed by atoms with Crippen LogP contribution in [0.3, 0.4) is 0 Å². The van der Waals surface area contributed by atoms with E-state index in [-0.39, 0.29) is 5.96 Å². The Morgan fingerprint density at radius 1 is 1.38 bits per heavy atom. The maximum atomic E-state index is 8.29. The van der Waals surface area contributed by atoms with Gasteiger partial charge in [-0.3, -0.25) is 0 Å². The van der Waals surface area contributed by atoms with E-state index in [0.717, 1.165) is 0 Å². The number of para-hydroxylation sites is 1. The zero-order chi connectivity index (χ0) is 9.84. The van der Waals surface area contributed by atoms with E-state index in [2.05, 4.69) is 10.5 Å². The second-order valence-corrected chi connectivity index (χ2v) is 3.02. The van der Waals surface area contributed by atoms with Crippen molar-refractivity contribution in [2.75, 3.05) is 5.32 Å². The first kappa shape index (κ1) is 9.95. The minimum Gasteiger partial charge on any atom is -0.408 e. The molecule has 0 atom stereocenters. The lowest BCUT2D eigenvalue weighted by Gasteiger charge is -2.07. The monoisotopic (exact) mass is 219 g/mol. The van der Waals surface area contributed by atoms with Gasteiger partial charge in [0.25, 0.3) is 0 Å². The summed E-state index contributed by atoms with van der Waals surface area (Å²) in [5.74, 6) is -0.171. The predicted molar refractivity (Wildman–Crippen MR) is 53.5 cm³/mol. The number of nitrogens with one attached hydrogen (secondary N) is 1. The van der Waals surface area contributed by atoms with E-state index in [1.807, 2.05) is 0 Å². The minimum atomic E-state index is -0.171. The van der Waals surface area contributed by atoms with Gasteiger partial charge in [0.2, 0.25) is 5.96 Å². The van der Waals surface area contributed by atoms with Gasteiger partial charge in [0.05, 0.1) is 15.7 Å². The number of guanidine groups is 1. The number of anilines is 1. The second-order valence-electron chi connectivity index (χ2n) is 2.21. The maximum Gasteiger partial charge on any atom is 0.235 e. The van der Waals surface area contributed by atoms with Gasteiger partial charge in [0, 0.05) is 0 Å². The smallest absolute Gasteiger partial charge is 0.235 e. The predicted octanol–water partition coefficient (Wildman–Crippen LogP) is 2.11. The summed E-state index contributed by atoms with van der Waals surface area (Å²) >= 11 is 11.6. The Bertz CT molecular complexity index is 320. The number of hydrogen-bond donors (Lipinski definition) is 3. The largest absolute Gasteiger partial charge is 0.408 e. The molecule has 1 rings (SSSR count). The van der Waals surface area contributed by atoms with Crippen LogP contribution in [0.25, 0.3) is 0 Å². The lowest BCUT2D eigenvalue weighted by molar-refractivity contribution is 0.318. The van der Waals surface area contributed by atoms with Crippen LogP contribution in [0.2, 0.25) is 10.0 Å². The third-order valence-corrected chi connectivity index (χ3v) is 1.95. The summed E-state index contributed by atoms with van der Waals surface area (Å²) in [5.41, 5.74) is 5.63. The molecular weight excluding hydrogens is 213 g/mol. The van der Waals surface area contributed by atoms with Crippen LogP contribution in [0.5, 0.6) is 0 Å². The zero-order valence-electron chi connectivity index (χ0n) is 6.46. The molecule has 0 aromatic heterocycles. The minimum absolute atomic E-state index is 0.171. The highest BCUT2D eigenvalue weighted by molar-refractivity contribution is 6.39. The normalized spacial score (nSPS) is 11.4. The molecule has 0 bridgehead atoms. The molecule has 70 valence electrons. The van der Waals surface area contributed by atoms with Gasteiger partial charge in [-0.2, -0.15) is 0 Å². The molecule has 0 saturated heterocycles. The first-order chi connectivity index (χ1) is 6.15. The highest BCUT2D eigenvalue weighted by Gasteiger charge is 2.05. The van der Waals surface area contributed by atoms with Crippen molar-refractivity contribution in [3.8, 4) is 0 Å². The maximum absolute atomic E-state index is 8.29. The van der Waals surface area contributed by atoms with Gasteiger partial charge in [0.1, 0.15) is 0 Å². The van der Waals surface area contributed by atoms with Crippen LogP contribution in [-0.2, 0) is 0 Å². The summed E-state index contributed by atoms with van der Waals surface area (Å²) in [6.45, 7) is 0. The van der Waals surface area contributed by atoms with E-state index < -0.39 is 0 Å². The van der Waals surface area contributed by atoms with Gasteiger partial charge in [0.15, 0.2) is 0 Å². The summed E-state index contributed by atoms with van der Waals surface area (Å²) in [6, 6.07) is 4.98. The fourth-order valence-corrected chi connectivity index (χ4v) is 1.26. The van der Waals surface area contributed by atoms with Gasteiger partial charge in [-0.1, -0.05) is 34.4 Å². The lowest BCUT2D eigenvalue weighted by Crippen LogP contribution is -2.22. The van der Waals surface area contributed by atoms with Crippen molar-refractivity contribution in [3.63, 3.8) is 0 Å². The molecule has 0 aliphatic carbocycles. The van der Waals surface area contributed by atoms with Crippen LogP contribution < -0.4 is 11.1 Å². The topological polar surface area (TPSA) is 70.6 Å². The summed E-state index contributed by atoms with van der Waals surface area (Å²) in [4.78, 5) is 0. The Kier molecular flexibility index (Phi) is 3.22. The Morgan fingerprint density at radius 2 is 1.92 bits per heavy atom. The van der Waals surface area contributed by atoms with Crippen molar-refractivity contribution in [2.45, 2.75) is 0 Å². The Labute approximate surface area is 84.9 Å². The van der Waals surface area contributed by atoms with E-state index in [1.54, 1.807) is 18.2 Å². The fourth-order valence-electron chi connectivity index (χ4n) is 0.770. The number of oxime groups is 1. The van der Waals surface area contributed by atoms with Gasteiger partial charge >= 0.3 is 0 Å². The first-order valence-corrected chi connectivity index (χ1v) is 4.09. The molecule has 0 aliphatic heterocycles. The molecule has 6 heteroatoms. The number of benzene rings is 1. The Hall–Kier alpha value is -1.13. The molecule has 0 saturated carbocycles. The lowest BCUT2D eigenvalue weighted by atomic mass is 10.3. The van der Waals surface area contributed by atoms with Gasteiger partial charge in [-0.25, -0.2) is 0 Å². The molecule has 1 aromatic carbocycles. The molecule has 4 nitrogen and oxygen atoms in total. The van der Waals surface area contributed by atoms with E-state index in [0.29, 0.717) is 15.7 Å². The van der Waals surface area contributed by atoms with Crippen LogP contribution >= 0.6 is 23.2 Å². The fraction of sp³-hybridized carbons (Fsp3) is 0. The molecule has 0 amide bonds. The molecule has 0 radical (unpaired) electrons. The molecular formula is C7H7Cl2N3O. The summed E-state index contributed by atoms with van der Waals surface area (Å²) in [5, 5.41) is 14.4. The summed E-state index contributed by atoms with van der Waals surface area (Å²) < 4.78 is 0. The summed E-state index contributed by atoms with van der Waals surface area (Å²) in [7, 11) is 0. The first-order valence-electron chi connectivity index (χ1n) is 3.33. The van der Waals surface area contributed by atoms with Crippen molar-refractivity contribution in [1.29, 1.82) is 0 Å². The van der Waals surface area contributed by atoms with E-state index in [9.17, 15) is 0 Å². The SMILES string of the molecule is N/C(=N\O)Nc1c(Cl)cccc1Cl. The van der Waals surface area contributed by atoms with Crippen molar-refractivity contribution >= 4 is 34.8 Å². The average Bonchev–Trinajstić information content (AvgIpc) is 2.11. The number of hydrogen-bond acceptors (Lipinski definition) is 2. The van der Waals surface area contributed by atoms with Gasteiger partial charge in [-0.05, 0) is 12.1 Å². The zero-order valence-corrected chi connectivity index (χ0v) is 7.97. The molecule has 0 spiro atoms.